The molecule has 2 heterocycles. The van der Waals surface area contributed by atoms with E-state index in [1.165, 1.54) is 17.4 Å². The third kappa shape index (κ3) is 4.83. The molecule has 1 aliphatic heterocycles. The van der Waals surface area contributed by atoms with E-state index in [1.54, 1.807) is 23.1 Å². The maximum Gasteiger partial charge on any atom is 0.260 e. The lowest BCUT2D eigenvalue weighted by Crippen LogP contribution is -2.39. The molecule has 1 aliphatic rings. The van der Waals surface area contributed by atoms with E-state index in [2.05, 4.69) is 25.8 Å². The highest BCUT2D eigenvalue weighted by atomic mass is 79.9. The summed E-state index contributed by atoms with van der Waals surface area (Å²) in [6.07, 6.45) is 0.806. The van der Waals surface area contributed by atoms with Crippen LogP contribution in [-0.4, -0.2) is 55.2 Å². The number of para-hydroxylation sites is 1. The lowest BCUT2D eigenvalue weighted by molar-refractivity contribution is 0.0376. The molecule has 152 valence electrons. The number of ether oxygens (including phenoxy) is 1. The molecule has 0 spiro atoms. The van der Waals surface area contributed by atoms with E-state index < -0.39 is 0 Å². The van der Waals surface area contributed by atoms with Crippen LogP contribution in [0.2, 0.25) is 0 Å². The van der Waals surface area contributed by atoms with Crippen LogP contribution >= 0.6 is 27.3 Å². The highest BCUT2D eigenvalue weighted by Gasteiger charge is 2.22. The second-order valence-electron chi connectivity index (χ2n) is 6.85. The Morgan fingerprint density at radius 2 is 1.97 bits per heavy atom. The van der Waals surface area contributed by atoms with Gasteiger partial charge in [0.05, 0.1) is 17.9 Å². The van der Waals surface area contributed by atoms with Crippen LogP contribution in [-0.2, 0) is 4.74 Å². The van der Waals surface area contributed by atoms with Crippen LogP contribution in [0, 0.1) is 5.82 Å². The van der Waals surface area contributed by atoms with Gasteiger partial charge < -0.3 is 4.74 Å². The normalized spacial score (nSPS) is 15.0. The highest BCUT2D eigenvalue weighted by Crippen LogP contribution is 2.31. The average molecular weight is 478 g/mol. The van der Waals surface area contributed by atoms with Gasteiger partial charge in [-0.25, -0.2) is 9.37 Å². The number of morpholine rings is 1. The van der Waals surface area contributed by atoms with Crippen molar-refractivity contribution in [1.82, 2.24) is 9.88 Å². The van der Waals surface area contributed by atoms with Gasteiger partial charge in [0.15, 0.2) is 5.13 Å². The Balaban J connectivity index is 1.57. The first-order chi connectivity index (χ1) is 14.1. The number of benzene rings is 2. The number of fused-ring (bicyclic) bond motifs is 1. The Morgan fingerprint density at radius 1 is 1.21 bits per heavy atom. The van der Waals surface area contributed by atoms with E-state index in [1.807, 2.05) is 18.2 Å². The minimum Gasteiger partial charge on any atom is -0.379 e. The summed E-state index contributed by atoms with van der Waals surface area (Å²) >= 11 is 4.74. The number of amides is 1. The zero-order valence-corrected chi connectivity index (χ0v) is 18.2. The fraction of sp³-hybridized carbons (Fsp3) is 0.333. The Hall–Kier alpha value is -1.87. The SMILES string of the molecule is O=C(c1ccc(Br)cc1)N(CCCN1CCOCC1)c1nc2c(F)cccc2s1. The number of thiazole rings is 1. The molecule has 1 aromatic heterocycles. The molecule has 0 unspecified atom stereocenters. The minimum atomic E-state index is -0.366. The first-order valence-electron chi connectivity index (χ1n) is 9.54. The number of rotatable bonds is 6. The van der Waals surface area contributed by atoms with Gasteiger partial charge >= 0.3 is 0 Å². The van der Waals surface area contributed by atoms with Crippen molar-refractivity contribution in [2.45, 2.75) is 6.42 Å². The molecule has 5 nitrogen and oxygen atoms in total. The van der Waals surface area contributed by atoms with E-state index in [4.69, 9.17) is 4.74 Å². The molecular formula is C21H21BrFN3O2S. The molecular weight excluding hydrogens is 457 g/mol. The third-order valence-electron chi connectivity index (χ3n) is 4.89. The Bertz CT molecular complexity index is 989. The van der Waals surface area contributed by atoms with Gasteiger partial charge in [0.1, 0.15) is 11.3 Å². The zero-order valence-electron chi connectivity index (χ0n) is 15.8. The molecule has 3 aromatic rings. The molecule has 0 atom stereocenters. The van der Waals surface area contributed by atoms with E-state index >= 15 is 0 Å². The van der Waals surface area contributed by atoms with Gasteiger partial charge in [-0.1, -0.05) is 33.3 Å². The second-order valence-corrected chi connectivity index (χ2v) is 8.78. The number of halogens is 2. The first kappa shape index (κ1) is 20.4. The molecule has 0 N–H and O–H groups in total. The fourth-order valence-corrected chi connectivity index (χ4v) is 4.60. The standard InChI is InChI=1S/C21H21BrFN3O2S/c22-16-7-5-15(6-8-16)20(27)26(10-2-9-25-11-13-28-14-12-25)21-24-19-17(23)3-1-4-18(19)29-21/h1,3-8H,2,9-14H2. The number of nitrogens with zero attached hydrogens (tertiary/aromatic N) is 3. The van der Waals surface area contributed by atoms with Gasteiger partial charge in [0, 0.05) is 36.2 Å². The van der Waals surface area contributed by atoms with E-state index in [-0.39, 0.29) is 11.7 Å². The summed E-state index contributed by atoms with van der Waals surface area (Å²) in [5.41, 5.74) is 0.897. The summed E-state index contributed by atoms with van der Waals surface area (Å²) in [7, 11) is 0. The van der Waals surface area contributed by atoms with Crippen molar-refractivity contribution in [3.05, 3.63) is 58.3 Å². The predicted octanol–water partition coefficient (Wildman–Crippen LogP) is 4.57. The molecule has 0 radical (unpaired) electrons. The number of anilines is 1. The molecule has 1 fully saturated rings. The summed E-state index contributed by atoms with van der Waals surface area (Å²) in [6, 6.07) is 12.2. The number of hydrogen-bond donors (Lipinski definition) is 0. The third-order valence-corrected chi connectivity index (χ3v) is 6.46. The van der Waals surface area contributed by atoms with E-state index in [0.29, 0.717) is 22.8 Å². The van der Waals surface area contributed by atoms with Crippen LogP contribution in [0.15, 0.2) is 46.9 Å². The second kappa shape index (κ2) is 9.30. The molecule has 0 saturated carbocycles. The van der Waals surface area contributed by atoms with Crippen molar-refractivity contribution in [1.29, 1.82) is 0 Å². The van der Waals surface area contributed by atoms with Crippen molar-refractivity contribution in [2.75, 3.05) is 44.3 Å². The van der Waals surface area contributed by atoms with Crippen LogP contribution in [0.3, 0.4) is 0 Å². The predicted molar refractivity (Wildman–Crippen MR) is 117 cm³/mol. The molecule has 1 amide bonds. The van der Waals surface area contributed by atoms with Gasteiger partial charge in [-0.15, -0.1) is 0 Å². The van der Waals surface area contributed by atoms with Gasteiger partial charge in [-0.2, -0.15) is 0 Å². The Morgan fingerprint density at radius 3 is 2.69 bits per heavy atom. The highest BCUT2D eigenvalue weighted by molar-refractivity contribution is 9.10. The van der Waals surface area contributed by atoms with Crippen LogP contribution in [0.5, 0.6) is 0 Å². The monoisotopic (exact) mass is 477 g/mol. The lowest BCUT2D eigenvalue weighted by atomic mass is 10.2. The van der Waals surface area contributed by atoms with Crippen molar-refractivity contribution < 1.29 is 13.9 Å². The molecule has 29 heavy (non-hydrogen) atoms. The van der Waals surface area contributed by atoms with Gasteiger partial charge in [0.25, 0.3) is 5.91 Å². The van der Waals surface area contributed by atoms with Gasteiger partial charge in [-0.05, 0) is 42.8 Å². The Kier molecular flexibility index (Phi) is 6.54. The van der Waals surface area contributed by atoms with E-state index in [9.17, 15) is 9.18 Å². The molecule has 0 bridgehead atoms. The fourth-order valence-electron chi connectivity index (χ4n) is 3.33. The Labute approximate surface area is 181 Å². The lowest BCUT2D eigenvalue weighted by Gasteiger charge is -2.27. The van der Waals surface area contributed by atoms with Crippen LogP contribution in [0.4, 0.5) is 9.52 Å². The summed E-state index contributed by atoms with van der Waals surface area (Å²) in [4.78, 5) is 21.7. The summed E-state index contributed by atoms with van der Waals surface area (Å²) < 4.78 is 21.2. The maximum atomic E-state index is 14.1. The largest absolute Gasteiger partial charge is 0.379 e. The number of aromatic nitrogens is 1. The first-order valence-corrected chi connectivity index (χ1v) is 11.2. The van der Waals surface area contributed by atoms with Crippen LogP contribution in [0.1, 0.15) is 16.8 Å². The summed E-state index contributed by atoms with van der Waals surface area (Å²) in [5, 5.41) is 0.528. The van der Waals surface area contributed by atoms with Crippen LogP contribution in [0.25, 0.3) is 10.2 Å². The van der Waals surface area contributed by atoms with Crippen molar-refractivity contribution in [3.63, 3.8) is 0 Å². The number of carbonyl (C=O) groups is 1. The minimum absolute atomic E-state index is 0.126. The zero-order chi connectivity index (χ0) is 20.2. The molecule has 0 aliphatic carbocycles. The summed E-state index contributed by atoms with van der Waals surface area (Å²) in [6.45, 7) is 4.72. The topological polar surface area (TPSA) is 45.7 Å². The van der Waals surface area contributed by atoms with Gasteiger partial charge in [0.2, 0.25) is 0 Å². The van der Waals surface area contributed by atoms with Crippen molar-refractivity contribution >= 4 is 48.5 Å². The average Bonchev–Trinajstić information content (AvgIpc) is 3.17. The molecule has 4 rings (SSSR count). The quantitative estimate of drug-likeness (QED) is 0.521. The summed E-state index contributed by atoms with van der Waals surface area (Å²) in [5.74, 6) is -0.492. The maximum absolute atomic E-state index is 14.1. The van der Waals surface area contributed by atoms with Crippen LogP contribution < -0.4 is 4.90 Å². The van der Waals surface area contributed by atoms with Crippen molar-refractivity contribution in [3.8, 4) is 0 Å². The molecule has 1 saturated heterocycles. The van der Waals surface area contributed by atoms with Crippen molar-refractivity contribution in [2.24, 2.45) is 0 Å². The van der Waals surface area contributed by atoms with Gasteiger partial charge in [-0.3, -0.25) is 14.6 Å². The number of hydrogen-bond acceptors (Lipinski definition) is 5. The molecule has 2 aromatic carbocycles. The molecule has 8 heteroatoms. The number of carbonyl (C=O) groups excluding carboxylic acids is 1. The smallest absolute Gasteiger partial charge is 0.260 e. The van der Waals surface area contributed by atoms with E-state index in [0.717, 1.165) is 48.4 Å².